The Morgan fingerprint density at radius 1 is 1.15 bits per heavy atom. The Morgan fingerprint density at radius 2 is 1.95 bits per heavy atom. The lowest BCUT2D eigenvalue weighted by Gasteiger charge is -2.26. The molecule has 0 bridgehead atoms. The van der Waals surface area contributed by atoms with E-state index in [-0.39, 0.29) is 17.8 Å². The van der Waals surface area contributed by atoms with E-state index < -0.39 is 17.7 Å². The maximum atomic E-state index is 13.8. The molecule has 5 heteroatoms. The van der Waals surface area contributed by atoms with Gasteiger partial charge in [0.25, 0.3) is 0 Å². The summed E-state index contributed by atoms with van der Waals surface area (Å²) in [5, 5.41) is 0. The average molecular weight is 339 g/mol. The number of carbonyl (C=O) groups is 1. The van der Waals surface area contributed by atoms with E-state index in [0.29, 0.717) is 11.3 Å². The molecule has 1 aliphatic heterocycles. The zero-order chi connectivity index (χ0) is 14.3. The first-order valence-electron chi connectivity index (χ1n) is 5.99. The zero-order valence-electron chi connectivity index (χ0n) is 10.2. The Morgan fingerprint density at radius 3 is 2.70 bits per heavy atom. The Hall–Kier alpha value is -1.75. The quantitative estimate of drug-likeness (QED) is 0.768. The van der Waals surface area contributed by atoms with Crippen LogP contribution in [0.25, 0.3) is 0 Å². The van der Waals surface area contributed by atoms with Crippen LogP contribution in [0.5, 0.6) is 5.75 Å². The third-order valence-electron chi connectivity index (χ3n) is 3.19. The van der Waals surface area contributed by atoms with Gasteiger partial charge in [-0.3, -0.25) is 4.79 Å². The highest BCUT2D eigenvalue weighted by Gasteiger charge is 2.29. The van der Waals surface area contributed by atoms with E-state index in [2.05, 4.69) is 15.9 Å². The molecular formula is C15H9BrF2O2. The van der Waals surface area contributed by atoms with Crippen molar-refractivity contribution in [1.29, 1.82) is 0 Å². The lowest BCUT2D eigenvalue weighted by molar-refractivity contribution is 0.0845. The second-order valence-corrected chi connectivity index (χ2v) is 5.46. The molecule has 20 heavy (non-hydrogen) atoms. The van der Waals surface area contributed by atoms with Crippen LogP contribution in [0.2, 0.25) is 0 Å². The van der Waals surface area contributed by atoms with Gasteiger partial charge in [0.1, 0.15) is 23.5 Å². The number of rotatable bonds is 1. The predicted octanol–water partition coefficient (Wildman–Crippen LogP) is 4.43. The van der Waals surface area contributed by atoms with E-state index in [0.717, 1.165) is 16.6 Å². The number of fused-ring (bicyclic) bond motifs is 1. The smallest absolute Gasteiger partial charge is 0.170 e. The van der Waals surface area contributed by atoms with Crippen molar-refractivity contribution >= 4 is 21.7 Å². The van der Waals surface area contributed by atoms with Gasteiger partial charge in [0.05, 0.1) is 12.0 Å². The molecule has 0 radical (unpaired) electrons. The molecule has 0 amide bonds. The SMILES string of the molecule is O=C1CC(c2ccc(F)cc2F)Oc2cc(Br)ccc21. The number of ketones is 1. The van der Waals surface area contributed by atoms with Crippen LogP contribution >= 0.6 is 15.9 Å². The van der Waals surface area contributed by atoms with Crippen molar-refractivity contribution in [3.63, 3.8) is 0 Å². The van der Waals surface area contributed by atoms with Crippen LogP contribution in [0.3, 0.4) is 0 Å². The van der Waals surface area contributed by atoms with E-state index in [9.17, 15) is 13.6 Å². The van der Waals surface area contributed by atoms with Crippen LogP contribution in [-0.4, -0.2) is 5.78 Å². The molecule has 0 N–H and O–H groups in total. The molecule has 0 aromatic heterocycles. The summed E-state index contributed by atoms with van der Waals surface area (Å²) >= 11 is 3.30. The molecule has 0 fully saturated rings. The lowest BCUT2D eigenvalue weighted by atomic mass is 9.96. The fraction of sp³-hybridized carbons (Fsp3) is 0.133. The summed E-state index contributed by atoms with van der Waals surface area (Å²) in [6.07, 6.45) is -0.693. The maximum absolute atomic E-state index is 13.8. The first-order valence-corrected chi connectivity index (χ1v) is 6.78. The molecule has 1 aliphatic rings. The minimum absolute atomic E-state index is 0.0389. The van der Waals surface area contributed by atoms with Crippen molar-refractivity contribution in [2.75, 3.05) is 0 Å². The summed E-state index contributed by atoms with van der Waals surface area (Å²) in [5.41, 5.74) is 0.664. The van der Waals surface area contributed by atoms with Crippen LogP contribution in [0.15, 0.2) is 40.9 Å². The molecule has 2 aromatic carbocycles. The third-order valence-corrected chi connectivity index (χ3v) is 3.69. The summed E-state index contributed by atoms with van der Waals surface area (Å²) in [6.45, 7) is 0. The lowest BCUT2D eigenvalue weighted by Crippen LogP contribution is -2.21. The summed E-state index contributed by atoms with van der Waals surface area (Å²) in [4.78, 5) is 12.1. The molecule has 3 rings (SSSR count). The highest BCUT2D eigenvalue weighted by molar-refractivity contribution is 9.10. The van der Waals surface area contributed by atoms with Crippen molar-refractivity contribution in [3.05, 3.63) is 63.6 Å². The van der Waals surface area contributed by atoms with Gasteiger partial charge in [-0.1, -0.05) is 15.9 Å². The van der Waals surface area contributed by atoms with Crippen molar-refractivity contribution < 1.29 is 18.3 Å². The zero-order valence-corrected chi connectivity index (χ0v) is 11.8. The molecular weight excluding hydrogens is 330 g/mol. The first-order chi connectivity index (χ1) is 9.54. The van der Waals surface area contributed by atoms with Crippen LogP contribution in [-0.2, 0) is 0 Å². The molecule has 2 aromatic rings. The van der Waals surface area contributed by atoms with Gasteiger partial charge in [-0.15, -0.1) is 0 Å². The van der Waals surface area contributed by atoms with E-state index in [1.165, 1.54) is 6.07 Å². The fourth-order valence-corrected chi connectivity index (χ4v) is 2.57. The highest BCUT2D eigenvalue weighted by atomic mass is 79.9. The molecule has 0 saturated carbocycles. The summed E-state index contributed by atoms with van der Waals surface area (Å²) < 4.78 is 33.2. The van der Waals surface area contributed by atoms with Gasteiger partial charge < -0.3 is 4.74 Å². The maximum Gasteiger partial charge on any atom is 0.170 e. The predicted molar refractivity (Wildman–Crippen MR) is 72.8 cm³/mol. The molecule has 1 atom stereocenters. The number of Topliss-reactive ketones (excluding diaryl/α,β-unsaturated/α-hetero) is 1. The number of halogens is 3. The van der Waals surface area contributed by atoms with E-state index in [1.54, 1.807) is 18.2 Å². The highest BCUT2D eigenvalue weighted by Crippen LogP contribution is 2.37. The van der Waals surface area contributed by atoms with Crippen LogP contribution in [0.1, 0.15) is 28.4 Å². The normalized spacial score (nSPS) is 17.6. The standard InChI is InChI=1S/C15H9BrF2O2/c16-8-1-3-11-13(19)7-15(20-14(11)5-8)10-4-2-9(17)6-12(10)18/h1-6,15H,7H2. The van der Waals surface area contributed by atoms with Gasteiger partial charge in [0.2, 0.25) is 0 Å². The van der Waals surface area contributed by atoms with Gasteiger partial charge in [0.15, 0.2) is 5.78 Å². The summed E-state index contributed by atoms with van der Waals surface area (Å²) in [7, 11) is 0. The molecule has 2 nitrogen and oxygen atoms in total. The van der Waals surface area contributed by atoms with Crippen LogP contribution < -0.4 is 4.74 Å². The Balaban J connectivity index is 2.00. The second kappa shape index (κ2) is 4.98. The van der Waals surface area contributed by atoms with E-state index in [4.69, 9.17) is 4.74 Å². The topological polar surface area (TPSA) is 26.3 Å². The average Bonchev–Trinajstić information content (AvgIpc) is 2.37. The van der Waals surface area contributed by atoms with Crippen molar-refractivity contribution in [2.24, 2.45) is 0 Å². The molecule has 1 heterocycles. The molecule has 0 spiro atoms. The Labute approximate surface area is 122 Å². The van der Waals surface area contributed by atoms with Gasteiger partial charge in [-0.25, -0.2) is 8.78 Å². The van der Waals surface area contributed by atoms with Gasteiger partial charge in [-0.05, 0) is 30.3 Å². The van der Waals surface area contributed by atoms with E-state index >= 15 is 0 Å². The van der Waals surface area contributed by atoms with Crippen LogP contribution in [0, 0.1) is 11.6 Å². The second-order valence-electron chi connectivity index (χ2n) is 4.54. The summed E-state index contributed by atoms with van der Waals surface area (Å²) in [5.74, 6) is -1.07. The summed E-state index contributed by atoms with van der Waals surface area (Å²) in [6, 6.07) is 8.34. The van der Waals surface area contributed by atoms with Crippen molar-refractivity contribution in [2.45, 2.75) is 12.5 Å². The minimum atomic E-state index is -0.732. The molecule has 0 saturated heterocycles. The van der Waals surface area contributed by atoms with Gasteiger partial charge in [-0.2, -0.15) is 0 Å². The van der Waals surface area contributed by atoms with Crippen molar-refractivity contribution in [3.8, 4) is 5.75 Å². The first kappa shape index (κ1) is 13.2. The number of benzene rings is 2. The Kier molecular flexibility index (Phi) is 3.30. The molecule has 0 aliphatic carbocycles. The largest absolute Gasteiger partial charge is 0.484 e. The number of hydrogen-bond donors (Lipinski definition) is 0. The Bertz CT molecular complexity index is 700. The van der Waals surface area contributed by atoms with Crippen molar-refractivity contribution in [1.82, 2.24) is 0 Å². The number of carbonyl (C=O) groups excluding carboxylic acids is 1. The van der Waals surface area contributed by atoms with E-state index in [1.807, 2.05) is 0 Å². The molecule has 102 valence electrons. The van der Waals surface area contributed by atoms with Gasteiger partial charge >= 0.3 is 0 Å². The monoisotopic (exact) mass is 338 g/mol. The van der Waals surface area contributed by atoms with Crippen LogP contribution in [0.4, 0.5) is 8.78 Å². The minimum Gasteiger partial charge on any atom is -0.484 e. The third kappa shape index (κ3) is 2.33. The fourth-order valence-electron chi connectivity index (χ4n) is 2.23. The molecule has 1 unspecified atom stereocenters. The number of hydrogen-bond acceptors (Lipinski definition) is 2. The van der Waals surface area contributed by atoms with Gasteiger partial charge in [0, 0.05) is 16.1 Å². The number of ether oxygens (including phenoxy) is 1.